The molecule has 4 unspecified atom stereocenters. The Morgan fingerprint density at radius 3 is 1.94 bits per heavy atom. The van der Waals surface area contributed by atoms with Crippen LogP contribution >= 0.6 is 0 Å². The SMILES string of the molecule is NCCCCC(NC(=O)C(Cc1ccccc1)NC(=O)C(CCC(=O)O)NC(=O)C(N)CO)C(=O)O. The van der Waals surface area contributed by atoms with Gasteiger partial charge in [0.1, 0.15) is 24.2 Å². The van der Waals surface area contributed by atoms with Gasteiger partial charge in [-0.15, -0.1) is 0 Å². The summed E-state index contributed by atoms with van der Waals surface area (Å²) in [4.78, 5) is 60.8. The zero-order chi connectivity index (χ0) is 27.1. The monoisotopic (exact) mass is 509 g/mol. The van der Waals surface area contributed by atoms with E-state index in [2.05, 4.69) is 16.0 Å². The molecule has 0 aliphatic rings. The lowest BCUT2D eigenvalue weighted by Crippen LogP contribution is -2.58. The van der Waals surface area contributed by atoms with Gasteiger partial charge in [-0.25, -0.2) is 4.79 Å². The van der Waals surface area contributed by atoms with Crippen LogP contribution in [0.5, 0.6) is 0 Å². The van der Waals surface area contributed by atoms with Crippen molar-refractivity contribution in [2.24, 2.45) is 11.5 Å². The number of nitrogens with one attached hydrogen (secondary N) is 3. The van der Waals surface area contributed by atoms with Crippen molar-refractivity contribution in [2.45, 2.75) is 62.7 Å². The summed E-state index contributed by atoms with van der Waals surface area (Å²) in [6.45, 7) is -0.324. The molecule has 1 aromatic rings. The van der Waals surface area contributed by atoms with Crippen LogP contribution in [-0.2, 0) is 30.4 Å². The number of unbranched alkanes of at least 4 members (excludes halogenated alkanes) is 1. The van der Waals surface area contributed by atoms with Crippen LogP contribution in [0.4, 0.5) is 0 Å². The maximum atomic E-state index is 13.0. The highest BCUT2D eigenvalue weighted by Gasteiger charge is 2.30. The van der Waals surface area contributed by atoms with Crippen LogP contribution in [0.15, 0.2) is 30.3 Å². The molecule has 0 fully saturated rings. The van der Waals surface area contributed by atoms with Crippen LogP contribution in [-0.4, -0.2) is 82.3 Å². The van der Waals surface area contributed by atoms with Crippen LogP contribution in [0.3, 0.4) is 0 Å². The van der Waals surface area contributed by atoms with Crippen LogP contribution in [0.25, 0.3) is 0 Å². The van der Waals surface area contributed by atoms with Crippen LogP contribution in [0, 0.1) is 0 Å². The molecule has 10 N–H and O–H groups in total. The summed E-state index contributed by atoms with van der Waals surface area (Å²) in [5, 5.41) is 34.8. The van der Waals surface area contributed by atoms with Gasteiger partial charge in [0.05, 0.1) is 6.61 Å². The predicted octanol–water partition coefficient (Wildman–Crippen LogP) is -1.92. The van der Waals surface area contributed by atoms with Crippen molar-refractivity contribution in [3.63, 3.8) is 0 Å². The van der Waals surface area contributed by atoms with Crippen LogP contribution in [0.2, 0.25) is 0 Å². The third-order valence-electron chi connectivity index (χ3n) is 5.29. The van der Waals surface area contributed by atoms with Gasteiger partial charge in [-0.3, -0.25) is 19.2 Å². The molecule has 13 nitrogen and oxygen atoms in total. The number of aliphatic hydroxyl groups excluding tert-OH is 1. The van der Waals surface area contributed by atoms with Crippen molar-refractivity contribution in [3.8, 4) is 0 Å². The molecule has 0 aromatic heterocycles. The molecule has 200 valence electrons. The highest BCUT2D eigenvalue weighted by atomic mass is 16.4. The van der Waals surface area contributed by atoms with Gasteiger partial charge in [0.2, 0.25) is 17.7 Å². The molecule has 0 saturated heterocycles. The van der Waals surface area contributed by atoms with Gasteiger partial charge in [-0.05, 0) is 37.8 Å². The van der Waals surface area contributed by atoms with Crippen LogP contribution in [0.1, 0.15) is 37.7 Å². The Kier molecular flexibility index (Phi) is 13.7. The molecule has 0 radical (unpaired) electrons. The van der Waals surface area contributed by atoms with E-state index in [1.165, 1.54) is 0 Å². The second kappa shape index (κ2) is 16.2. The van der Waals surface area contributed by atoms with Gasteiger partial charge in [0.25, 0.3) is 0 Å². The number of carboxylic acids is 2. The Hall–Kier alpha value is -3.55. The van der Waals surface area contributed by atoms with Crippen molar-refractivity contribution in [1.29, 1.82) is 0 Å². The molecule has 0 heterocycles. The molecular formula is C23H35N5O8. The average molecular weight is 510 g/mol. The molecule has 0 spiro atoms. The second-order valence-electron chi connectivity index (χ2n) is 8.22. The zero-order valence-corrected chi connectivity index (χ0v) is 19.9. The fourth-order valence-corrected chi connectivity index (χ4v) is 3.25. The van der Waals surface area contributed by atoms with E-state index in [1.54, 1.807) is 30.3 Å². The minimum Gasteiger partial charge on any atom is -0.481 e. The Morgan fingerprint density at radius 1 is 0.806 bits per heavy atom. The number of hydrogen-bond acceptors (Lipinski definition) is 8. The van der Waals surface area contributed by atoms with E-state index >= 15 is 0 Å². The molecule has 0 aliphatic carbocycles. The van der Waals surface area contributed by atoms with E-state index in [1.807, 2.05) is 0 Å². The Balaban J connectivity index is 3.10. The number of aliphatic hydroxyl groups is 1. The van der Waals surface area contributed by atoms with E-state index in [0.29, 0.717) is 24.9 Å². The zero-order valence-electron chi connectivity index (χ0n) is 19.9. The first-order valence-electron chi connectivity index (χ1n) is 11.5. The third-order valence-corrected chi connectivity index (χ3v) is 5.29. The van der Waals surface area contributed by atoms with Crippen molar-refractivity contribution >= 4 is 29.7 Å². The van der Waals surface area contributed by atoms with Crippen molar-refractivity contribution in [1.82, 2.24) is 16.0 Å². The summed E-state index contributed by atoms with van der Waals surface area (Å²) in [6.07, 6.45) is 0.415. The van der Waals surface area contributed by atoms with E-state index in [4.69, 9.17) is 21.7 Å². The van der Waals surface area contributed by atoms with Gasteiger partial charge in [-0.1, -0.05) is 30.3 Å². The van der Waals surface area contributed by atoms with Crippen molar-refractivity contribution in [3.05, 3.63) is 35.9 Å². The first-order chi connectivity index (χ1) is 17.1. The lowest BCUT2D eigenvalue weighted by atomic mass is 10.0. The molecule has 13 heteroatoms. The molecule has 3 amide bonds. The quantitative estimate of drug-likeness (QED) is 0.108. The number of carbonyl (C=O) groups is 5. The predicted molar refractivity (Wildman–Crippen MR) is 128 cm³/mol. The third kappa shape index (κ3) is 11.3. The number of aliphatic carboxylic acids is 2. The molecular weight excluding hydrogens is 474 g/mol. The van der Waals surface area contributed by atoms with Gasteiger partial charge < -0.3 is 42.7 Å². The minimum absolute atomic E-state index is 0.00328. The van der Waals surface area contributed by atoms with Gasteiger partial charge in [0.15, 0.2) is 0 Å². The van der Waals surface area contributed by atoms with Gasteiger partial charge >= 0.3 is 11.9 Å². The lowest BCUT2D eigenvalue weighted by Gasteiger charge is -2.25. The average Bonchev–Trinajstić information content (AvgIpc) is 2.85. The molecule has 4 atom stereocenters. The fraction of sp³-hybridized carbons (Fsp3) is 0.522. The first-order valence-corrected chi connectivity index (χ1v) is 11.5. The second-order valence-corrected chi connectivity index (χ2v) is 8.22. The maximum absolute atomic E-state index is 13.0. The standard InChI is InChI=1S/C23H35N5O8/c24-11-5-4-8-17(23(35)36)27-22(34)18(12-14-6-2-1-3-7-14)28-21(33)16(9-10-19(30)31)26-20(32)15(25)13-29/h1-3,6-7,15-18,29H,4-5,8-13,24-25H2,(H,26,32)(H,27,34)(H,28,33)(H,30,31)(H,35,36). The summed E-state index contributed by atoms with van der Waals surface area (Å²) in [5.74, 6) is -4.95. The first kappa shape index (κ1) is 30.5. The van der Waals surface area contributed by atoms with Crippen molar-refractivity contribution in [2.75, 3.05) is 13.2 Å². The number of amides is 3. The Labute approximate surface area is 208 Å². The van der Waals surface area contributed by atoms with E-state index in [-0.39, 0.29) is 19.3 Å². The van der Waals surface area contributed by atoms with Crippen molar-refractivity contribution < 1.29 is 39.3 Å². The summed E-state index contributed by atoms with van der Waals surface area (Å²) >= 11 is 0. The Bertz CT molecular complexity index is 883. The molecule has 0 bridgehead atoms. The number of hydrogen-bond donors (Lipinski definition) is 8. The van der Waals surface area contributed by atoms with Gasteiger partial charge in [0, 0.05) is 12.8 Å². The molecule has 1 rings (SSSR count). The largest absolute Gasteiger partial charge is 0.481 e. The maximum Gasteiger partial charge on any atom is 0.326 e. The van der Waals surface area contributed by atoms with Crippen LogP contribution < -0.4 is 27.4 Å². The van der Waals surface area contributed by atoms with Gasteiger partial charge in [-0.2, -0.15) is 0 Å². The molecule has 0 aliphatic heterocycles. The lowest BCUT2D eigenvalue weighted by molar-refractivity contribution is -0.142. The van der Waals surface area contributed by atoms with E-state index < -0.39 is 66.9 Å². The van der Waals surface area contributed by atoms with E-state index in [9.17, 15) is 29.1 Å². The number of carbonyl (C=O) groups excluding carboxylic acids is 3. The highest BCUT2D eigenvalue weighted by molar-refractivity contribution is 5.94. The molecule has 1 aromatic carbocycles. The highest BCUT2D eigenvalue weighted by Crippen LogP contribution is 2.08. The number of carboxylic acid groups (broad SMARTS) is 2. The number of nitrogens with two attached hydrogens (primary N) is 2. The summed E-state index contributed by atoms with van der Waals surface area (Å²) in [5.41, 5.74) is 11.6. The van der Waals surface area contributed by atoms with E-state index in [0.717, 1.165) is 0 Å². The topological polar surface area (TPSA) is 234 Å². The normalized spacial score (nSPS) is 14.1. The number of benzene rings is 1. The smallest absolute Gasteiger partial charge is 0.326 e. The number of rotatable bonds is 17. The summed E-state index contributed by atoms with van der Waals surface area (Å²) < 4.78 is 0. The summed E-state index contributed by atoms with van der Waals surface area (Å²) in [6, 6.07) is 3.51. The summed E-state index contributed by atoms with van der Waals surface area (Å²) in [7, 11) is 0. The Morgan fingerprint density at radius 2 is 1.39 bits per heavy atom. The molecule has 36 heavy (non-hydrogen) atoms. The fourth-order valence-electron chi connectivity index (χ4n) is 3.25. The minimum atomic E-state index is -1.36. The molecule has 0 saturated carbocycles.